The fourth-order valence-corrected chi connectivity index (χ4v) is 4.85. The van der Waals surface area contributed by atoms with Crippen molar-refractivity contribution in [1.82, 2.24) is 9.55 Å². The van der Waals surface area contributed by atoms with E-state index in [4.69, 9.17) is 9.15 Å². The van der Waals surface area contributed by atoms with E-state index in [1.54, 1.807) is 25.3 Å². The lowest BCUT2D eigenvalue weighted by Crippen LogP contribution is -2.21. The van der Waals surface area contributed by atoms with Gasteiger partial charge in [-0.15, -0.1) is 11.3 Å². The third-order valence-corrected chi connectivity index (χ3v) is 6.53. The Kier molecular flexibility index (Phi) is 5.46. The lowest BCUT2D eigenvalue weighted by molar-refractivity contribution is -0.114. The van der Waals surface area contributed by atoms with Crippen molar-refractivity contribution in [2.75, 3.05) is 12.4 Å². The smallest absolute Gasteiger partial charge is 0.336 e. The summed E-state index contributed by atoms with van der Waals surface area (Å²) in [4.78, 5) is 42.1. The number of nitrogens with one attached hydrogen (secondary N) is 1. The third-order valence-electron chi connectivity index (χ3n) is 5.37. The summed E-state index contributed by atoms with van der Waals surface area (Å²) in [5.41, 5.74) is 2.33. The van der Waals surface area contributed by atoms with Gasteiger partial charge in [0.05, 0.1) is 25.5 Å². The van der Waals surface area contributed by atoms with Gasteiger partial charge in [0, 0.05) is 35.0 Å². The molecule has 0 aliphatic heterocycles. The average molecular weight is 474 g/mol. The standard InChI is InChI=1S/C25H19N3O5S/c1-14(29)27-17-5-8-19-16(9-23(30)33-21(19)10-17)12-28-13-26-20-11-22(34-24(20)25(28)31)15-3-6-18(32-2)7-4-15/h3-11,13H,12H2,1-2H3,(H,27,29). The molecule has 0 bridgehead atoms. The number of ether oxygens (including phenoxy) is 1. The lowest BCUT2D eigenvalue weighted by Gasteiger charge is -2.09. The molecule has 0 aliphatic carbocycles. The van der Waals surface area contributed by atoms with Gasteiger partial charge in [-0.2, -0.15) is 0 Å². The van der Waals surface area contributed by atoms with Gasteiger partial charge >= 0.3 is 5.63 Å². The Bertz CT molecular complexity index is 1660. The van der Waals surface area contributed by atoms with Crippen molar-refractivity contribution in [3.05, 3.63) is 87.3 Å². The Balaban J connectivity index is 1.53. The number of anilines is 1. The first kappa shape index (κ1) is 21.6. The second kappa shape index (κ2) is 8.60. The number of hydrogen-bond donors (Lipinski definition) is 1. The molecule has 0 aliphatic rings. The maximum Gasteiger partial charge on any atom is 0.336 e. The van der Waals surface area contributed by atoms with Crippen molar-refractivity contribution >= 4 is 44.1 Å². The molecule has 0 unspecified atom stereocenters. The quantitative estimate of drug-likeness (QED) is 0.383. The minimum Gasteiger partial charge on any atom is -0.497 e. The molecule has 0 spiro atoms. The highest BCUT2D eigenvalue weighted by Gasteiger charge is 2.13. The van der Waals surface area contributed by atoms with E-state index >= 15 is 0 Å². The number of carbonyl (C=O) groups is 1. The molecule has 3 heterocycles. The van der Waals surface area contributed by atoms with Crippen LogP contribution in [0.15, 0.2) is 74.9 Å². The van der Waals surface area contributed by atoms with E-state index in [-0.39, 0.29) is 18.0 Å². The number of methoxy groups -OCH3 is 1. The highest BCUT2D eigenvalue weighted by atomic mass is 32.1. The van der Waals surface area contributed by atoms with Gasteiger partial charge in [0.15, 0.2) is 0 Å². The van der Waals surface area contributed by atoms with Crippen LogP contribution in [-0.4, -0.2) is 22.6 Å². The Labute approximate surface area is 197 Å². The van der Waals surface area contributed by atoms with E-state index in [0.29, 0.717) is 32.4 Å². The van der Waals surface area contributed by atoms with Crippen LogP contribution in [0.25, 0.3) is 31.6 Å². The Hall–Kier alpha value is -4.24. The summed E-state index contributed by atoms with van der Waals surface area (Å²) in [5, 5.41) is 3.34. The molecule has 170 valence electrons. The van der Waals surface area contributed by atoms with E-state index in [2.05, 4.69) is 10.3 Å². The molecule has 34 heavy (non-hydrogen) atoms. The van der Waals surface area contributed by atoms with Crippen LogP contribution < -0.4 is 21.2 Å². The van der Waals surface area contributed by atoms with E-state index in [0.717, 1.165) is 16.2 Å². The number of hydrogen-bond acceptors (Lipinski definition) is 7. The molecule has 0 saturated carbocycles. The molecule has 0 atom stereocenters. The number of benzene rings is 2. The molecule has 5 aromatic rings. The van der Waals surface area contributed by atoms with Crippen LogP contribution >= 0.6 is 11.3 Å². The Morgan fingerprint density at radius 3 is 2.65 bits per heavy atom. The third kappa shape index (κ3) is 4.08. The monoisotopic (exact) mass is 473 g/mol. The van der Waals surface area contributed by atoms with Gasteiger partial charge in [-0.1, -0.05) is 0 Å². The summed E-state index contributed by atoms with van der Waals surface area (Å²) < 4.78 is 12.5. The van der Waals surface area contributed by atoms with Crippen molar-refractivity contribution in [3.8, 4) is 16.2 Å². The van der Waals surface area contributed by atoms with E-state index in [1.807, 2.05) is 30.3 Å². The molecule has 8 nitrogen and oxygen atoms in total. The predicted octanol–water partition coefficient (Wildman–Crippen LogP) is 4.25. The first-order chi connectivity index (χ1) is 16.4. The fraction of sp³-hybridized carbons (Fsp3) is 0.120. The fourth-order valence-electron chi connectivity index (χ4n) is 3.78. The van der Waals surface area contributed by atoms with Gasteiger partial charge in [0.1, 0.15) is 16.0 Å². The van der Waals surface area contributed by atoms with Gasteiger partial charge in [-0.05, 0) is 53.6 Å². The van der Waals surface area contributed by atoms with Crippen LogP contribution in [0.1, 0.15) is 12.5 Å². The molecule has 0 fully saturated rings. The molecule has 1 N–H and O–H groups in total. The van der Waals surface area contributed by atoms with E-state index < -0.39 is 5.63 Å². The number of carbonyl (C=O) groups excluding carboxylic acids is 1. The highest BCUT2D eigenvalue weighted by Crippen LogP contribution is 2.32. The second-order valence-corrected chi connectivity index (χ2v) is 8.77. The summed E-state index contributed by atoms with van der Waals surface area (Å²) >= 11 is 1.37. The summed E-state index contributed by atoms with van der Waals surface area (Å²) in [6.07, 6.45) is 1.49. The van der Waals surface area contributed by atoms with E-state index in [9.17, 15) is 14.4 Å². The van der Waals surface area contributed by atoms with Crippen LogP contribution in [0.4, 0.5) is 5.69 Å². The number of rotatable bonds is 5. The van der Waals surface area contributed by atoms with E-state index in [1.165, 1.54) is 35.2 Å². The first-order valence-corrected chi connectivity index (χ1v) is 11.2. The van der Waals surface area contributed by atoms with Crippen LogP contribution in [0.3, 0.4) is 0 Å². The Morgan fingerprint density at radius 1 is 1.12 bits per heavy atom. The number of aromatic nitrogens is 2. The van der Waals surface area contributed by atoms with Gasteiger partial charge in [-0.3, -0.25) is 14.2 Å². The number of thiophene rings is 1. The summed E-state index contributed by atoms with van der Waals surface area (Å²) in [6, 6.07) is 15.9. The largest absolute Gasteiger partial charge is 0.497 e. The SMILES string of the molecule is COc1ccc(-c2cc3ncn(Cc4cc(=O)oc5cc(NC(C)=O)ccc45)c(=O)c3s2)cc1. The van der Waals surface area contributed by atoms with Gasteiger partial charge in [-0.25, -0.2) is 9.78 Å². The zero-order valence-electron chi connectivity index (χ0n) is 18.3. The van der Waals surface area contributed by atoms with Crippen molar-refractivity contribution in [2.45, 2.75) is 13.5 Å². The summed E-state index contributed by atoms with van der Waals surface area (Å²) in [7, 11) is 1.61. The number of nitrogens with zero attached hydrogens (tertiary/aromatic N) is 2. The molecule has 0 radical (unpaired) electrons. The zero-order chi connectivity index (χ0) is 23.8. The van der Waals surface area contributed by atoms with Crippen LogP contribution in [0.5, 0.6) is 5.75 Å². The summed E-state index contributed by atoms with van der Waals surface area (Å²) in [6.45, 7) is 1.55. The minimum atomic E-state index is -0.539. The molecular weight excluding hydrogens is 454 g/mol. The summed E-state index contributed by atoms with van der Waals surface area (Å²) in [5.74, 6) is 0.530. The molecule has 2 aromatic carbocycles. The highest BCUT2D eigenvalue weighted by molar-refractivity contribution is 7.22. The number of amides is 1. The minimum absolute atomic E-state index is 0.152. The maximum absolute atomic E-state index is 13.2. The van der Waals surface area contributed by atoms with Gasteiger partial charge in [0.25, 0.3) is 5.56 Å². The van der Waals surface area contributed by atoms with Crippen molar-refractivity contribution in [2.24, 2.45) is 0 Å². The molecule has 3 aromatic heterocycles. The van der Waals surface area contributed by atoms with Gasteiger partial charge in [0.2, 0.25) is 5.91 Å². The van der Waals surface area contributed by atoms with Gasteiger partial charge < -0.3 is 14.5 Å². The first-order valence-electron chi connectivity index (χ1n) is 10.4. The van der Waals surface area contributed by atoms with Crippen molar-refractivity contribution < 1.29 is 13.9 Å². The number of fused-ring (bicyclic) bond motifs is 2. The molecule has 5 rings (SSSR count). The zero-order valence-corrected chi connectivity index (χ0v) is 19.1. The van der Waals surface area contributed by atoms with Crippen molar-refractivity contribution in [3.63, 3.8) is 0 Å². The topological polar surface area (TPSA) is 103 Å². The normalized spacial score (nSPS) is 11.1. The second-order valence-electron chi connectivity index (χ2n) is 7.71. The molecular formula is C25H19N3O5S. The lowest BCUT2D eigenvalue weighted by atomic mass is 10.1. The maximum atomic E-state index is 13.2. The average Bonchev–Trinajstić information content (AvgIpc) is 3.25. The molecule has 9 heteroatoms. The van der Waals surface area contributed by atoms with Crippen LogP contribution in [0, 0.1) is 0 Å². The van der Waals surface area contributed by atoms with Crippen LogP contribution in [-0.2, 0) is 11.3 Å². The molecule has 1 amide bonds. The van der Waals surface area contributed by atoms with Crippen LogP contribution in [0.2, 0.25) is 0 Å². The van der Waals surface area contributed by atoms with Crippen molar-refractivity contribution in [1.29, 1.82) is 0 Å². The molecule has 0 saturated heterocycles. The Morgan fingerprint density at radius 2 is 1.91 bits per heavy atom. The predicted molar refractivity (Wildman–Crippen MR) is 132 cm³/mol.